The van der Waals surface area contributed by atoms with Crippen molar-refractivity contribution in [1.29, 1.82) is 0 Å². The van der Waals surface area contributed by atoms with Gasteiger partial charge in [-0.3, -0.25) is 0 Å². The molecular formula is C96H98N2OSi2. The number of para-hydroxylation sites is 3. The van der Waals surface area contributed by atoms with Crippen LogP contribution in [0.4, 0.5) is 34.1 Å². The molecule has 15 rings (SSSR count). The number of hydrogen-bond donors (Lipinski definition) is 0. The molecule has 2 heterocycles. The monoisotopic (exact) mass is 1350 g/mol. The molecule has 0 saturated heterocycles. The van der Waals surface area contributed by atoms with Crippen LogP contribution >= 0.6 is 0 Å². The zero-order valence-corrected chi connectivity index (χ0v) is 64.7. The molecule has 12 aromatic carbocycles. The molecule has 0 N–H and O–H groups in total. The Morgan fingerprint density at radius 3 is 1.15 bits per heavy atom. The molecular weight excluding hydrogens is 1250 g/mol. The molecule has 0 fully saturated rings. The molecule has 0 amide bonds. The van der Waals surface area contributed by atoms with Crippen molar-refractivity contribution in [2.75, 3.05) is 9.80 Å². The van der Waals surface area contributed by atoms with Gasteiger partial charge in [0.2, 0.25) is 0 Å². The fraction of sp³-hybridized carbons (Fsp3) is 0.250. The number of benzene rings is 12. The number of rotatable bonds is 11. The SMILES string of the molecule is CC(C)(C)c1ccc(N(c2ccccc2)c2cc3c(c4c2-c2ccccc2[Si]4(C)C)-c2c(cc(N(c4ccccc4)c4ccc(C(C)(C)C)cc4)c4c2oc2ccccc24)C3(c2ccc(C(C)(C)C)cc2)c2ccc([Si](C)(c3ccc(C(C)(C)C)cc3)c3ccc(C(C)(C)C)cc3)cc2)cc1. The van der Waals surface area contributed by atoms with E-state index in [4.69, 9.17) is 4.42 Å². The fourth-order valence-corrected chi connectivity index (χ4v) is 23.8. The van der Waals surface area contributed by atoms with Crippen molar-refractivity contribution in [3.8, 4) is 22.3 Å². The topological polar surface area (TPSA) is 19.6 Å². The van der Waals surface area contributed by atoms with Crippen LogP contribution in [0.15, 0.2) is 271 Å². The van der Waals surface area contributed by atoms with Crippen LogP contribution in [0.1, 0.15) is 154 Å². The van der Waals surface area contributed by atoms with Crippen LogP contribution in [-0.2, 0) is 32.5 Å². The smallest absolute Gasteiger partial charge is 0.145 e. The third-order valence-electron chi connectivity index (χ3n) is 22.7. The minimum atomic E-state index is -2.76. The molecule has 506 valence electrons. The minimum Gasteiger partial charge on any atom is -0.455 e. The molecule has 1 aliphatic carbocycles. The third kappa shape index (κ3) is 11.1. The molecule has 5 heteroatoms. The van der Waals surface area contributed by atoms with E-state index in [0.717, 1.165) is 50.4 Å². The average molecular weight is 1350 g/mol. The normalized spacial score (nSPS) is 15.1. The molecule has 1 aliphatic heterocycles. The van der Waals surface area contributed by atoms with Gasteiger partial charge in [0.05, 0.1) is 22.2 Å². The molecule has 0 bridgehead atoms. The van der Waals surface area contributed by atoms with Crippen LogP contribution < -0.4 is 35.7 Å². The lowest BCUT2D eigenvalue weighted by Gasteiger charge is -2.38. The van der Waals surface area contributed by atoms with E-state index >= 15 is 0 Å². The quantitative estimate of drug-likeness (QED) is 0.0950. The Labute approximate surface area is 603 Å². The first kappa shape index (κ1) is 67.3. The zero-order valence-electron chi connectivity index (χ0n) is 62.7. The highest BCUT2D eigenvalue weighted by atomic mass is 28.3. The fourth-order valence-electron chi connectivity index (χ4n) is 16.8. The Morgan fingerprint density at radius 2 is 0.693 bits per heavy atom. The van der Waals surface area contributed by atoms with Crippen molar-refractivity contribution in [3.63, 3.8) is 0 Å². The predicted octanol–water partition coefficient (Wildman–Crippen LogP) is 23.3. The molecule has 1 aromatic heterocycles. The number of anilines is 6. The Morgan fingerprint density at radius 1 is 0.347 bits per heavy atom. The van der Waals surface area contributed by atoms with E-state index in [1.54, 1.807) is 0 Å². The lowest BCUT2D eigenvalue weighted by atomic mass is 9.67. The van der Waals surface area contributed by atoms with Gasteiger partial charge in [-0.05, 0) is 181 Å². The summed E-state index contributed by atoms with van der Waals surface area (Å²) >= 11 is 0. The van der Waals surface area contributed by atoms with Crippen molar-refractivity contribution in [2.24, 2.45) is 0 Å². The van der Waals surface area contributed by atoms with Gasteiger partial charge in [-0.2, -0.15) is 0 Å². The van der Waals surface area contributed by atoms with Crippen LogP contribution in [-0.4, -0.2) is 16.1 Å². The van der Waals surface area contributed by atoms with Gasteiger partial charge in [0.1, 0.15) is 27.3 Å². The van der Waals surface area contributed by atoms with Crippen LogP contribution in [0.5, 0.6) is 0 Å². The van der Waals surface area contributed by atoms with E-state index in [1.165, 1.54) is 104 Å². The highest BCUT2D eigenvalue weighted by Crippen LogP contribution is 2.63. The lowest BCUT2D eigenvalue weighted by molar-refractivity contribution is 0.589. The Kier molecular flexibility index (Phi) is 16.0. The summed E-state index contributed by atoms with van der Waals surface area (Å²) < 4.78 is 7.87. The molecule has 3 nitrogen and oxygen atoms in total. The maximum atomic E-state index is 7.87. The first-order chi connectivity index (χ1) is 47.9. The van der Waals surface area contributed by atoms with Crippen LogP contribution in [0.2, 0.25) is 19.6 Å². The summed E-state index contributed by atoms with van der Waals surface area (Å²) in [4.78, 5) is 5.11. The highest BCUT2D eigenvalue weighted by Gasteiger charge is 2.54. The lowest BCUT2D eigenvalue weighted by Crippen LogP contribution is -2.64. The summed E-state index contributed by atoms with van der Waals surface area (Å²) in [5.74, 6) is 0. The largest absolute Gasteiger partial charge is 0.455 e. The van der Waals surface area contributed by atoms with Gasteiger partial charge >= 0.3 is 0 Å². The van der Waals surface area contributed by atoms with Gasteiger partial charge in [-0.15, -0.1) is 0 Å². The first-order valence-corrected chi connectivity index (χ1v) is 42.1. The van der Waals surface area contributed by atoms with Crippen molar-refractivity contribution in [2.45, 2.75) is 156 Å². The predicted molar refractivity (Wildman–Crippen MR) is 439 cm³/mol. The van der Waals surface area contributed by atoms with Gasteiger partial charge in [-0.1, -0.05) is 324 Å². The first-order valence-electron chi connectivity index (χ1n) is 36.6. The van der Waals surface area contributed by atoms with Gasteiger partial charge < -0.3 is 14.2 Å². The van der Waals surface area contributed by atoms with E-state index in [-0.39, 0.29) is 27.1 Å². The van der Waals surface area contributed by atoms with E-state index in [9.17, 15) is 0 Å². The molecule has 0 spiro atoms. The van der Waals surface area contributed by atoms with Gasteiger partial charge in [0, 0.05) is 39.3 Å². The standard InChI is InChI=1S/C96H98N2OSi2/c1-91(2,3)63-37-39-68(40-38-63)96(69-49-59-76(60-50-69)101(18,74-55-45-66(46-56-74)94(10,11)12)75-57-47-67(48-58-75)95(13,14)15)79-61-81(97(70-29-21-19-22-30-70)72-51-41-64(42-52-72)92(4,5)6)85-77-33-25-27-35-83(77)99-89(85)87(79)88-80(96)62-82(86-78-34-26-28-36-84(78)100(16,17)90(86)88)98(71-31-23-20-24-32-71)73-53-43-65(44-54-73)93(7,8)9/h19-62H,1-18H3. The Balaban J connectivity index is 1.13. The second kappa shape index (κ2) is 24.1. The molecule has 0 saturated carbocycles. The maximum absolute atomic E-state index is 7.87. The second-order valence-corrected chi connectivity index (χ2v) is 43.0. The van der Waals surface area contributed by atoms with Crippen LogP contribution in [0.25, 0.3) is 44.2 Å². The zero-order chi connectivity index (χ0) is 71.1. The number of hydrogen-bond acceptors (Lipinski definition) is 3. The van der Waals surface area contributed by atoms with E-state index in [2.05, 4.69) is 400 Å². The van der Waals surface area contributed by atoms with Crippen molar-refractivity contribution >= 4 is 98.1 Å². The Hall–Kier alpha value is -9.53. The molecule has 2 aliphatic rings. The summed E-state index contributed by atoms with van der Waals surface area (Å²) in [6, 6.07) is 104. The molecule has 1 atom stereocenters. The van der Waals surface area contributed by atoms with Crippen molar-refractivity contribution in [1.82, 2.24) is 0 Å². The Bertz CT molecular complexity index is 5220. The summed E-state index contributed by atoms with van der Waals surface area (Å²) in [6.07, 6.45) is 0. The average Bonchev–Trinajstić information content (AvgIpc) is 1.49. The summed E-state index contributed by atoms with van der Waals surface area (Å²) in [7, 11) is -5.48. The van der Waals surface area contributed by atoms with Gasteiger partial charge in [-0.25, -0.2) is 0 Å². The highest BCUT2D eigenvalue weighted by molar-refractivity contribution is 7.10. The number of nitrogens with zero attached hydrogens (tertiary/aromatic N) is 2. The number of furan rings is 1. The van der Waals surface area contributed by atoms with Crippen molar-refractivity contribution < 1.29 is 4.42 Å². The summed E-state index contributed by atoms with van der Waals surface area (Å²) in [6.45, 7) is 42.6. The number of fused-ring (bicyclic) bond motifs is 11. The van der Waals surface area contributed by atoms with E-state index < -0.39 is 21.6 Å². The minimum absolute atomic E-state index is 0.0120. The summed E-state index contributed by atoms with van der Waals surface area (Å²) in [5, 5.41) is 9.21. The van der Waals surface area contributed by atoms with Crippen molar-refractivity contribution in [3.05, 3.63) is 317 Å². The maximum Gasteiger partial charge on any atom is 0.145 e. The van der Waals surface area contributed by atoms with Gasteiger partial charge in [0.25, 0.3) is 0 Å². The molecule has 101 heavy (non-hydrogen) atoms. The summed E-state index contributed by atoms with van der Waals surface area (Å²) in [5.41, 5.74) is 23.8. The van der Waals surface area contributed by atoms with Crippen LogP contribution in [0, 0.1) is 0 Å². The van der Waals surface area contributed by atoms with E-state index in [1.807, 2.05) is 0 Å². The second-order valence-electron chi connectivity index (χ2n) is 34.7. The van der Waals surface area contributed by atoms with E-state index in [0.29, 0.717) is 0 Å². The molecule has 0 radical (unpaired) electrons. The molecule has 1 unspecified atom stereocenters. The third-order valence-corrected chi connectivity index (χ3v) is 30.7. The molecule has 13 aromatic rings. The van der Waals surface area contributed by atoms with Crippen LogP contribution in [0.3, 0.4) is 0 Å². The van der Waals surface area contributed by atoms with Gasteiger partial charge in [0.15, 0.2) is 0 Å².